The fourth-order valence-electron chi connectivity index (χ4n) is 7.84. The number of unbranched alkanes of at least 4 members (excludes halogenated alkanes) is 25. The summed E-state index contributed by atoms with van der Waals surface area (Å²) in [6.45, 7) is 4.70. The highest BCUT2D eigenvalue weighted by Crippen LogP contribution is 2.16. The zero-order valence-corrected chi connectivity index (χ0v) is 45.9. The van der Waals surface area contributed by atoms with Gasteiger partial charge < -0.3 is 28.5 Å². The second-order valence-corrected chi connectivity index (χ2v) is 20.2. The Morgan fingerprint density at radius 2 is 0.814 bits per heavy atom. The van der Waals surface area contributed by atoms with Gasteiger partial charge in [-0.05, 0) is 64.2 Å². The number of carbonyl (C=O) groups is 3. The summed E-state index contributed by atoms with van der Waals surface area (Å²) in [4.78, 5) is 37.0. The van der Waals surface area contributed by atoms with Crippen LogP contribution in [0.25, 0.3) is 0 Å². The summed E-state index contributed by atoms with van der Waals surface area (Å²) in [5.74, 6) is -2.01. The predicted octanol–water partition coefficient (Wildman–Crippen LogP) is 16.6. The molecule has 0 aliphatic carbocycles. The van der Waals surface area contributed by atoms with Crippen LogP contribution in [0.1, 0.15) is 239 Å². The second kappa shape index (κ2) is 52.1. The van der Waals surface area contributed by atoms with E-state index in [1.807, 2.05) is 21.1 Å². The van der Waals surface area contributed by atoms with Gasteiger partial charge >= 0.3 is 17.9 Å². The lowest BCUT2D eigenvalue weighted by Gasteiger charge is -2.25. The Kier molecular flexibility index (Phi) is 49.6. The molecule has 9 nitrogen and oxygen atoms in total. The molecule has 0 aromatic heterocycles. The summed E-state index contributed by atoms with van der Waals surface area (Å²) in [5.41, 5.74) is 0. The Labute approximate surface area is 430 Å². The number of carboxylic acid groups (broad SMARTS) is 1. The van der Waals surface area contributed by atoms with Gasteiger partial charge in [0.2, 0.25) is 0 Å². The largest absolute Gasteiger partial charge is 0.477 e. The molecule has 0 fully saturated rings. The quantitative estimate of drug-likeness (QED) is 0.0211. The van der Waals surface area contributed by atoms with Crippen molar-refractivity contribution in [2.45, 2.75) is 251 Å². The lowest BCUT2D eigenvalue weighted by Crippen LogP contribution is -2.40. The number of quaternary nitrogens is 1. The zero-order valence-electron chi connectivity index (χ0n) is 45.9. The van der Waals surface area contributed by atoms with Gasteiger partial charge in [-0.3, -0.25) is 9.59 Å². The molecule has 404 valence electrons. The molecule has 0 saturated carbocycles. The van der Waals surface area contributed by atoms with Crippen LogP contribution in [0.4, 0.5) is 0 Å². The molecular formula is C61H108NO8+. The maximum atomic E-state index is 12.8. The third-order valence-electron chi connectivity index (χ3n) is 12.2. The second-order valence-electron chi connectivity index (χ2n) is 20.2. The fraction of sp³-hybridized carbons (Fsp3) is 0.754. The van der Waals surface area contributed by atoms with Crippen molar-refractivity contribution in [1.29, 1.82) is 0 Å². The number of allylic oxidation sites excluding steroid dienone is 12. The highest BCUT2D eigenvalue weighted by Gasteiger charge is 2.25. The van der Waals surface area contributed by atoms with Crippen molar-refractivity contribution in [3.8, 4) is 0 Å². The number of ether oxygens (including phenoxy) is 4. The number of nitrogens with zero attached hydrogens (tertiary/aromatic N) is 1. The summed E-state index contributed by atoms with van der Waals surface area (Å²) in [5, 5.41) is 9.63. The molecule has 0 spiro atoms. The minimum absolute atomic E-state index is 0.180. The van der Waals surface area contributed by atoms with Crippen LogP contribution < -0.4 is 0 Å². The summed E-state index contributed by atoms with van der Waals surface area (Å²) in [7, 11) is 5.95. The van der Waals surface area contributed by atoms with Gasteiger partial charge in [0.1, 0.15) is 13.2 Å². The molecule has 70 heavy (non-hydrogen) atoms. The zero-order chi connectivity index (χ0) is 51.3. The van der Waals surface area contributed by atoms with Crippen molar-refractivity contribution < 1.29 is 42.9 Å². The molecule has 2 unspecified atom stereocenters. The lowest BCUT2D eigenvalue weighted by atomic mass is 10.0. The van der Waals surface area contributed by atoms with Gasteiger partial charge in [0.25, 0.3) is 6.29 Å². The first-order valence-electron chi connectivity index (χ1n) is 28.6. The minimum atomic E-state index is -1.51. The Morgan fingerprint density at radius 1 is 0.443 bits per heavy atom. The van der Waals surface area contributed by atoms with Gasteiger partial charge in [0, 0.05) is 12.8 Å². The van der Waals surface area contributed by atoms with Crippen LogP contribution in [0.2, 0.25) is 0 Å². The van der Waals surface area contributed by atoms with Crippen molar-refractivity contribution in [2.75, 3.05) is 47.5 Å². The van der Waals surface area contributed by atoms with Crippen LogP contribution in [-0.4, -0.2) is 87.4 Å². The molecule has 0 radical (unpaired) electrons. The van der Waals surface area contributed by atoms with Gasteiger partial charge in [-0.15, -0.1) is 0 Å². The Bertz CT molecular complexity index is 1380. The normalized spacial score (nSPS) is 13.3. The van der Waals surface area contributed by atoms with Gasteiger partial charge in [0.05, 0.1) is 34.4 Å². The highest BCUT2D eigenvalue weighted by molar-refractivity contribution is 5.71. The number of esters is 2. The number of carbonyl (C=O) groups excluding carboxylic acids is 2. The van der Waals surface area contributed by atoms with Crippen LogP contribution in [0.3, 0.4) is 0 Å². The molecule has 0 heterocycles. The van der Waals surface area contributed by atoms with Gasteiger partial charge in [-0.1, -0.05) is 234 Å². The van der Waals surface area contributed by atoms with E-state index in [1.165, 1.54) is 135 Å². The standard InChI is InChI=1S/C61H107NO8/c1-6-8-10-12-14-15-16-17-18-19-20-21-22-23-24-25-26-27-28-29-30-31-32-33-34-35-36-37-38-39-40-41-42-43-44-45-46-48-50-52-59(64)70-57(55-68-58(63)51-49-47-13-11-9-7-2)56-69-61(60(65)66)67-54-53-62(3,4)5/h8,10,14-15,17-18,20-21,23-24,26-27,57,61H,6-7,9,11-13,16,19,22,25,28-56H2,1-5H3/p+1/b10-8-,15-14-,18-17-,21-20-,24-23-,27-26-. The van der Waals surface area contributed by atoms with Crippen molar-refractivity contribution in [3.05, 3.63) is 72.9 Å². The third kappa shape index (κ3) is 52.6. The molecule has 0 saturated heterocycles. The van der Waals surface area contributed by atoms with Gasteiger partial charge in [0.15, 0.2) is 6.10 Å². The molecule has 0 aromatic carbocycles. The van der Waals surface area contributed by atoms with Crippen LogP contribution in [-0.2, 0) is 33.3 Å². The Balaban J connectivity index is 3.86. The number of hydrogen-bond donors (Lipinski definition) is 1. The van der Waals surface area contributed by atoms with Crippen LogP contribution in [0, 0.1) is 0 Å². The predicted molar refractivity (Wildman–Crippen MR) is 295 cm³/mol. The number of carboxylic acids is 1. The monoisotopic (exact) mass is 983 g/mol. The molecule has 2 atom stereocenters. The maximum Gasteiger partial charge on any atom is 0.361 e. The number of hydrogen-bond acceptors (Lipinski definition) is 7. The molecular weight excluding hydrogens is 875 g/mol. The molecule has 1 N–H and O–H groups in total. The van der Waals surface area contributed by atoms with Gasteiger partial charge in [-0.25, -0.2) is 4.79 Å². The van der Waals surface area contributed by atoms with E-state index in [-0.39, 0.29) is 32.2 Å². The minimum Gasteiger partial charge on any atom is -0.477 e. The van der Waals surface area contributed by atoms with E-state index in [0.717, 1.165) is 77.0 Å². The van der Waals surface area contributed by atoms with Crippen molar-refractivity contribution in [2.24, 2.45) is 0 Å². The van der Waals surface area contributed by atoms with Crippen molar-refractivity contribution in [3.63, 3.8) is 0 Å². The number of likely N-dealkylation sites (N-methyl/N-ethyl adjacent to an activating group) is 1. The number of rotatable bonds is 52. The molecule has 0 bridgehead atoms. The van der Waals surface area contributed by atoms with E-state index >= 15 is 0 Å². The van der Waals surface area contributed by atoms with Crippen molar-refractivity contribution >= 4 is 17.9 Å². The lowest BCUT2D eigenvalue weighted by molar-refractivity contribution is -0.870. The topological polar surface area (TPSA) is 108 Å². The first kappa shape index (κ1) is 66.7. The smallest absolute Gasteiger partial charge is 0.361 e. The number of aliphatic carboxylic acids is 1. The van der Waals surface area contributed by atoms with E-state index in [4.69, 9.17) is 18.9 Å². The first-order valence-corrected chi connectivity index (χ1v) is 28.6. The van der Waals surface area contributed by atoms with Crippen LogP contribution in [0.15, 0.2) is 72.9 Å². The molecule has 0 aromatic rings. The fourth-order valence-corrected chi connectivity index (χ4v) is 7.84. The molecule has 0 aliphatic heterocycles. The maximum absolute atomic E-state index is 12.8. The molecule has 0 aliphatic rings. The van der Waals surface area contributed by atoms with E-state index < -0.39 is 24.3 Å². The van der Waals surface area contributed by atoms with E-state index in [2.05, 4.69) is 86.8 Å². The Hall–Kier alpha value is -3.27. The summed E-state index contributed by atoms with van der Waals surface area (Å²) in [6, 6.07) is 0. The van der Waals surface area contributed by atoms with E-state index in [1.54, 1.807) is 0 Å². The molecule has 0 rings (SSSR count). The van der Waals surface area contributed by atoms with Crippen molar-refractivity contribution in [1.82, 2.24) is 0 Å². The van der Waals surface area contributed by atoms with E-state index in [9.17, 15) is 19.5 Å². The average molecular weight is 984 g/mol. The summed E-state index contributed by atoms with van der Waals surface area (Å²) >= 11 is 0. The summed E-state index contributed by atoms with van der Waals surface area (Å²) in [6.07, 6.45) is 64.7. The Morgan fingerprint density at radius 3 is 1.21 bits per heavy atom. The first-order chi connectivity index (χ1) is 34.1. The summed E-state index contributed by atoms with van der Waals surface area (Å²) < 4.78 is 22.7. The van der Waals surface area contributed by atoms with E-state index in [0.29, 0.717) is 17.4 Å². The van der Waals surface area contributed by atoms with Crippen LogP contribution >= 0.6 is 0 Å². The molecule has 9 heteroatoms. The highest BCUT2D eigenvalue weighted by atomic mass is 16.7. The van der Waals surface area contributed by atoms with Crippen LogP contribution in [0.5, 0.6) is 0 Å². The SMILES string of the molecule is CC/C=C\C/C=C\C/C=C\C/C=C\C/C=C\C/C=C\CCCCCCCCCCCCCCCCCCCCCCC(=O)OC(COC(=O)CCCCCCCC)COC(OCC[N+](C)(C)C)C(=O)O. The average Bonchev–Trinajstić information content (AvgIpc) is 3.33. The van der Waals surface area contributed by atoms with Gasteiger partial charge in [-0.2, -0.15) is 0 Å². The molecule has 0 amide bonds. The third-order valence-corrected chi connectivity index (χ3v) is 12.2.